The first-order chi connectivity index (χ1) is 14.1. The van der Waals surface area contributed by atoms with Crippen molar-refractivity contribution in [2.45, 2.75) is 63.3 Å². The van der Waals surface area contributed by atoms with Crippen LogP contribution in [0.5, 0.6) is 0 Å². The van der Waals surface area contributed by atoms with E-state index in [1.54, 1.807) is 0 Å². The molecule has 1 atom stereocenters. The first kappa shape index (κ1) is 21.5. The number of nitrogens with one attached hydrogen (secondary N) is 1. The minimum atomic E-state index is -3.80. The van der Waals surface area contributed by atoms with E-state index in [9.17, 15) is 18.0 Å². The number of benzene rings is 1. The number of hydrogen-bond acceptors (Lipinski definition) is 4. The molecule has 0 spiro atoms. The van der Waals surface area contributed by atoms with E-state index in [1.165, 1.54) is 76.8 Å². The van der Waals surface area contributed by atoms with E-state index in [2.05, 4.69) is 12.2 Å². The summed E-state index contributed by atoms with van der Waals surface area (Å²) < 4.78 is 26.7. The van der Waals surface area contributed by atoms with E-state index in [-0.39, 0.29) is 34.6 Å². The summed E-state index contributed by atoms with van der Waals surface area (Å²) in [6.45, 7) is 3.32. The van der Waals surface area contributed by atoms with Crippen molar-refractivity contribution in [3.05, 3.63) is 29.8 Å². The normalized spacial score (nSPS) is 31.0. The lowest BCUT2D eigenvalue weighted by Gasteiger charge is -2.59. The number of carbonyl (C=O) groups excluding carboxylic acids is 2. The van der Waals surface area contributed by atoms with Crippen LogP contribution in [0.2, 0.25) is 0 Å². The number of ketones is 1. The molecule has 1 aromatic carbocycles. The summed E-state index contributed by atoms with van der Waals surface area (Å²) in [5.41, 5.74) is 0.642. The van der Waals surface area contributed by atoms with E-state index < -0.39 is 10.0 Å². The van der Waals surface area contributed by atoms with Crippen LogP contribution >= 0.6 is 0 Å². The highest BCUT2D eigenvalue weighted by Crippen LogP contribution is 2.61. The van der Waals surface area contributed by atoms with Gasteiger partial charge in [0.1, 0.15) is 0 Å². The fourth-order valence-corrected chi connectivity index (χ4v) is 7.60. The second-order valence-electron chi connectivity index (χ2n) is 9.91. The van der Waals surface area contributed by atoms with Gasteiger partial charge in [-0.2, -0.15) is 4.31 Å². The summed E-state index contributed by atoms with van der Waals surface area (Å²) in [4.78, 5) is 24.2. The number of carbonyl (C=O) groups is 2. The van der Waals surface area contributed by atoms with Crippen LogP contribution in [0.4, 0.5) is 0 Å². The molecular weight excluding hydrogens is 400 g/mol. The zero-order valence-corrected chi connectivity index (χ0v) is 18.9. The maximum absolute atomic E-state index is 12.8. The average molecular weight is 433 g/mol. The van der Waals surface area contributed by atoms with Crippen LogP contribution in [0.1, 0.15) is 62.7 Å². The molecule has 4 bridgehead atoms. The lowest BCUT2D eigenvalue weighted by atomic mass is 9.48. The molecule has 4 fully saturated rings. The Balaban J connectivity index is 1.39. The molecule has 5 rings (SSSR count). The zero-order chi connectivity index (χ0) is 21.7. The smallest absolute Gasteiger partial charge is 0.243 e. The SMILES string of the molecule is CC(=O)c1ccc(S(=O)(=O)N(C)CC(=O)NC(C)C23CC4CC(CC(C4)C2)C3)cc1. The molecule has 0 saturated heterocycles. The van der Waals surface area contributed by atoms with Gasteiger partial charge in [0.25, 0.3) is 0 Å². The van der Waals surface area contributed by atoms with Gasteiger partial charge >= 0.3 is 0 Å². The highest BCUT2D eigenvalue weighted by atomic mass is 32.2. The predicted octanol–water partition coefficient (Wildman–Crippen LogP) is 3.23. The number of sulfonamides is 1. The van der Waals surface area contributed by atoms with Crippen molar-refractivity contribution >= 4 is 21.7 Å². The molecule has 0 heterocycles. The van der Waals surface area contributed by atoms with E-state index in [0.717, 1.165) is 22.1 Å². The largest absolute Gasteiger partial charge is 0.352 e. The lowest BCUT2D eigenvalue weighted by molar-refractivity contribution is -0.125. The summed E-state index contributed by atoms with van der Waals surface area (Å²) in [5, 5.41) is 3.13. The van der Waals surface area contributed by atoms with Crippen LogP contribution in [0.25, 0.3) is 0 Å². The number of amides is 1. The molecule has 1 N–H and O–H groups in total. The Morgan fingerprint density at radius 1 is 1.07 bits per heavy atom. The van der Waals surface area contributed by atoms with Crippen molar-refractivity contribution < 1.29 is 18.0 Å². The van der Waals surface area contributed by atoms with Crippen LogP contribution in [-0.4, -0.2) is 44.0 Å². The summed E-state index contributed by atoms with van der Waals surface area (Å²) in [7, 11) is -2.38. The molecule has 1 aromatic rings. The second kappa shape index (κ2) is 7.75. The van der Waals surface area contributed by atoms with Gasteiger partial charge in [0, 0.05) is 18.7 Å². The van der Waals surface area contributed by atoms with Gasteiger partial charge in [-0.05, 0) is 87.7 Å². The molecule has 4 aliphatic rings. The molecule has 0 radical (unpaired) electrons. The van der Waals surface area contributed by atoms with Gasteiger partial charge in [-0.25, -0.2) is 8.42 Å². The summed E-state index contributed by atoms with van der Waals surface area (Å²) in [6, 6.07) is 5.89. The van der Waals surface area contributed by atoms with Gasteiger partial charge < -0.3 is 5.32 Å². The third-order valence-electron chi connectivity index (χ3n) is 7.72. The third-order valence-corrected chi connectivity index (χ3v) is 9.53. The van der Waals surface area contributed by atoms with Crippen LogP contribution in [0.3, 0.4) is 0 Å². The quantitative estimate of drug-likeness (QED) is 0.671. The van der Waals surface area contributed by atoms with Gasteiger partial charge in [0.2, 0.25) is 15.9 Å². The van der Waals surface area contributed by atoms with Crippen molar-refractivity contribution in [3.63, 3.8) is 0 Å². The van der Waals surface area contributed by atoms with Crippen LogP contribution in [0.15, 0.2) is 29.2 Å². The van der Waals surface area contributed by atoms with Crippen molar-refractivity contribution in [2.24, 2.45) is 23.2 Å². The summed E-state index contributed by atoms with van der Waals surface area (Å²) in [5.74, 6) is 2.03. The van der Waals surface area contributed by atoms with E-state index in [0.29, 0.717) is 5.56 Å². The van der Waals surface area contributed by atoms with Crippen LogP contribution in [0, 0.1) is 23.2 Å². The topological polar surface area (TPSA) is 83.6 Å². The van der Waals surface area contributed by atoms with Crippen LogP contribution in [-0.2, 0) is 14.8 Å². The van der Waals surface area contributed by atoms with Crippen LogP contribution < -0.4 is 5.32 Å². The van der Waals surface area contributed by atoms with Gasteiger partial charge in [-0.15, -0.1) is 0 Å². The predicted molar refractivity (Wildman–Crippen MR) is 114 cm³/mol. The monoisotopic (exact) mass is 432 g/mol. The fourth-order valence-electron chi connectivity index (χ4n) is 6.48. The molecule has 4 aliphatic carbocycles. The first-order valence-corrected chi connectivity index (χ1v) is 12.4. The average Bonchev–Trinajstić information content (AvgIpc) is 2.66. The molecule has 4 saturated carbocycles. The van der Waals surface area contributed by atoms with E-state index in [4.69, 9.17) is 0 Å². The third kappa shape index (κ3) is 3.94. The number of likely N-dealkylation sites (N-methyl/N-ethyl adjacent to an activating group) is 1. The molecule has 164 valence electrons. The van der Waals surface area contributed by atoms with Crippen molar-refractivity contribution in [2.75, 3.05) is 13.6 Å². The van der Waals surface area contributed by atoms with Gasteiger partial charge in [0.05, 0.1) is 11.4 Å². The highest BCUT2D eigenvalue weighted by molar-refractivity contribution is 7.89. The summed E-state index contributed by atoms with van der Waals surface area (Å²) in [6.07, 6.45) is 7.63. The Morgan fingerprint density at radius 3 is 2.03 bits per heavy atom. The first-order valence-electron chi connectivity index (χ1n) is 11.0. The molecule has 0 aliphatic heterocycles. The zero-order valence-electron chi connectivity index (χ0n) is 18.1. The Hall–Kier alpha value is -1.73. The standard InChI is InChI=1S/C23H32N2O4S/c1-15(26)20-4-6-21(7-5-20)30(28,29)25(3)14-22(27)24-16(2)23-11-17-8-18(12-23)10-19(9-17)13-23/h4-7,16-19H,8-14H2,1-3H3,(H,24,27). The van der Waals surface area contributed by atoms with Gasteiger partial charge in [-0.1, -0.05) is 12.1 Å². The van der Waals surface area contributed by atoms with Crippen molar-refractivity contribution in [1.82, 2.24) is 9.62 Å². The molecule has 30 heavy (non-hydrogen) atoms. The number of Topliss-reactive ketones (excluding diaryl/α,β-unsaturated/α-hetero) is 1. The van der Waals surface area contributed by atoms with Gasteiger partial charge in [0.15, 0.2) is 5.78 Å². The maximum Gasteiger partial charge on any atom is 0.243 e. The second-order valence-corrected chi connectivity index (χ2v) is 12.0. The molecule has 1 unspecified atom stereocenters. The minimum Gasteiger partial charge on any atom is -0.352 e. The minimum absolute atomic E-state index is 0.0596. The molecule has 1 amide bonds. The van der Waals surface area contributed by atoms with Crippen molar-refractivity contribution in [1.29, 1.82) is 0 Å². The number of rotatable bonds is 7. The Kier molecular flexibility index (Phi) is 5.56. The Morgan fingerprint density at radius 2 is 1.57 bits per heavy atom. The van der Waals surface area contributed by atoms with Gasteiger partial charge in [-0.3, -0.25) is 9.59 Å². The molecular formula is C23H32N2O4S. The molecule has 0 aromatic heterocycles. The fraction of sp³-hybridized carbons (Fsp3) is 0.652. The lowest BCUT2D eigenvalue weighted by Crippen LogP contribution is -2.56. The maximum atomic E-state index is 12.8. The Bertz CT molecular complexity index is 903. The highest BCUT2D eigenvalue weighted by Gasteiger charge is 2.53. The van der Waals surface area contributed by atoms with E-state index >= 15 is 0 Å². The number of hydrogen-bond donors (Lipinski definition) is 1. The van der Waals surface area contributed by atoms with E-state index in [1.807, 2.05) is 0 Å². The molecule has 6 nitrogen and oxygen atoms in total. The number of nitrogens with zero attached hydrogens (tertiary/aromatic N) is 1. The Labute approximate surface area is 179 Å². The van der Waals surface area contributed by atoms with Crippen molar-refractivity contribution in [3.8, 4) is 0 Å². The molecule has 7 heteroatoms. The summed E-state index contributed by atoms with van der Waals surface area (Å²) >= 11 is 0.